The molecule has 0 amide bonds. The van der Waals surface area contributed by atoms with E-state index in [0.29, 0.717) is 18.9 Å². The Hall–Kier alpha value is -3.14. The first-order valence-electron chi connectivity index (χ1n) is 10.2. The minimum Gasteiger partial charge on any atom is -0.333 e. The smallest absolute Gasteiger partial charge is 0.247 e. The minimum atomic E-state index is -4.28. The lowest BCUT2D eigenvalue weighted by atomic mass is 9.84. The van der Waals surface area contributed by atoms with Gasteiger partial charge < -0.3 is 5.32 Å². The Kier molecular flexibility index (Phi) is 5.60. The first-order valence-corrected chi connectivity index (χ1v) is 11.7. The molecule has 0 saturated heterocycles. The highest BCUT2D eigenvalue weighted by atomic mass is 32.2. The van der Waals surface area contributed by atoms with E-state index in [2.05, 4.69) is 16.9 Å². The number of nitrogens with one attached hydrogen (secondary N) is 1. The third-order valence-corrected chi connectivity index (χ3v) is 8.31. The zero-order valence-electron chi connectivity index (χ0n) is 18.0. The molecular weight excluding hydrogens is 455 g/mol. The highest BCUT2D eigenvalue weighted by Crippen LogP contribution is 2.48. The van der Waals surface area contributed by atoms with E-state index in [-0.39, 0.29) is 34.4 Å². The monoisotopic (exact) mass is 477 g/mol. The van der Waals surface area contributed by atoms with Crippen LogP contribution in [0.5, 0.6) is 0 Å². The number of Topliss-reactive ketones (excluding diaryl/α,β-unsaturated/α-hetero) is 1. The molecule has 6 nitrogen and oxygen atoms in total. The van der Waals surface area contributed by atoms with Crippen LogP contribution in [0.15, 0.2) is 54.2 Å². The maximum Gasteiger partial charge on any atom is 0.247 e. The molecule has 2 aromatic rings. The Morgan fingerprint density at radius 3 is 2.45 bits per heavy atom. The lowest BCUT2D eigenvalue weighted by Crippen LogP contribution is -2.53. The van der Waals surface area contributed by atoms with Crippen molar-refractivity contribution in [3.8, 4) is 0 Å². The number of guanidine groups is 1. The molecule has 2 aromatic carbocycles. The molecule has 0 aromatic heterocycles. The van der Waals surface area contributed by atoms with Gasteiger partial charge in [-0.3, -0.25) is 4.79 Å². The fourth-order valence-corrected chi connectivity index (χ4v) is 6.09. The van der Waals surface area contributed by atoms with Crippen LogP contribution in [0, 0.1) is 23.4 Å². The van der Waals surface area contributed by atoms with Gasteiger partial charge in [0.1, 0.15) is 28.2 Å². The van der Waals surface area contributed by atoms with Gasteiger partial charge in [-0.25, -0.2) is 30.9 Å². The molecule has 0 spiro atoms. The molecule has 33 heavy (non-hydrogen) atoms. The van der Waals surface area contributed by atoms with Gasteiger partial charge in [0.25, 0.3) is 0 Å². The second-order valence-corrected chi connectivity index (χ2v) is 10.4. The Morgan fingerprint density at radius 2 is 1.88 bits per heavy atom. The van der Waals surface area contributed by atoms with Gasteiger partial charge in [0, 0.05) is 24.6 Å². The van der Waals surface area contributed by atoms with Gasteiger partial charge in [0.2, 0.25) is 16.0 Å². The van der Waals surface area contributed by atoms with Gasteiger partial charge >= 0.3 is 0 Å². The fourth-order valence-electron chi connectivity index (χ4n) is 4.19. The number of nitrogens with zero attached hydrogens (tertiary/aromatic N) is 2. The van der Waals surface area contributed by atoms with E-state index in [9.17, 15) is 26.4 Å². The summed E-state index contributed by atoms with van der Waals surface area (Å²) >= 11 is 0. The van der Waals surface area contributed by atoms with E-state index in [1.54, 1.807) is 0 Å². The topological polar surface area (TPSA) is 78.8 Å². The van der Waals surface area contributed by atoms with Gasteiger partial charge in [-0.15, -0.1) is 0 Å². The number of halogens is 3. The molecule has 2 atom stereocenters. The zero-order chi connectivity index (χ0) is 24.1. The Labute approximate surface area is 189 Å². The van der Waals surface area contributed by atoms with Gasteiger partial charge in [0.15, 0.2) is 5.78 Å². The van der Waals surface area contributed by atoms with Crippen LogP contribution >= 0.6 is 0 Å². The highest BCUT2D eigenvalue weighted by molar-refractivity contribution is 7.90. The number of aliphatic imine (C=N–C) groups is 1. The van der Waals surface area contributed by atoms with Crippen LogP contribution in [0.4, 0.5) is 13.2 Å². The highest BCUT2D eigenvalue weighted by Gasteiger charge is 2.53. The summed E-state index contributed by atoms with van der Waals surface area (Å²) in [6.45, 7) is 4.88. The molecule has 0 radical (unpaired) electrons. The van der Waals surface area contributed by atoms with Crippen molar-refractivity contribution in [2.75, 3.05) is 7.05 Å². The van der Waals surface area contributed by atoms with Crippen molar-refractivity contribution in [1.29, 1.82) is 0 Å². The summed E-state index contributed by atoms with van der Waals surface area (Å²) < 4.78 is 71.5. The van der Waals surface area contributed by atoms with Crippen molar-refractivity contribution in [1.82, 2.24) is 9.62 Å². The number of hydrogen-bond acceptors (Lipinski definition) is 5. The number of carbonyl (C=O) groups is 1. The van der Waals surface area contributed by atoms with E-state index in [1.807, 2.05) is 0 Å². The van der Waals surface area contributed by atoms with Gasteiger partial charge in [-0.2, -0.15) is 0 Å². The molecule has 174 valence electrons. The molecule has 2 aliphatic rings. The van der Waals surface area contributed by atoms with Crippen molar-refractivity contribution in [2.45, 2.75) is 30.6 Å². The number of ketones is 1. The molecular formula is C23H22F3N3O3S. The largest absolute Gasteiger partial charge is 0.333 e. The molecule has 1 aliphatic carbocycles. The standard InChI is InChI=1S/C23H22F3N3O3S/c1-4-27-22-28-23(2,17-10-8-15(24)12-19(17)26)21(33(31,32)29(22)3)14-7-9-16(18(25)11-14)20(30)13-5-6-13/h4,7-13,21H,1,5-6H2,2-3H3,(H,27,28)/t21-,23-/m1/s1. The predicted molar refractivity (Wildman–Crippen MR) is 117 cm³/mol. The summed E-state index contributed by atoms with van der Waals surface area (Å²) in [4.78, 5) is 16.8. The normalized spacial score (nSPS) is 24.2. The first kappa shape index (κ1) is 23.0. The minimum absolute atomic E-state index is 0.0145. The average Bonchev–Trinajstić information content (AvgIpc) is 3.57. The second kappa shape index (κ2) is 8.02. The van der Waals surface area contributed by atoms with Crippen molar-refractivity contribution in [3.63, 3.8) is 0 Å². The molecule has 4 rings (SSSR count). The molecule has 1 heterocycles. The Morgan fingerprint density at radius 1 is 1.18 bits per heavy atom. The van der Waals surface area contributed by atoms with E-state index >= 15 is 0 Å². The van der Waals surface area contributed by atoms with Gasteiger partial charge in [-0.1, -0.05) is 18.7 Å². The maximum absolute atomic E-state index is 15.0. The lowest BCUT2D eigenvalue weighted by Gasteiger charge is -2.42. The lowest BCUT2D eigenvalue weighted by molar-refractivity contribution is 0.0963. The summed E-state index contributed by atoms with van der Waals surface area (Å²) in [6.07, 6.45) is 2.60. The van der Waals surface area contributed by atoms with Gasteiger partial charge in [0.05, 0.1) is 5.56 Å². The summed E-state index contributed by atoms with van der Waals surface area (Å²) in [5.41, 5.74) is -2.12. The zero-order valence-corrected chi connectivity index (χ0v) is 18.8. The fraction of sp³-hybridized carbons (Fsp3) is 0.304. The van der Waals surface area contributed by atoms with Crippen molar-refractivity contribution >= 4 is 21.8 Å². The summed E-state index contributed by atoms with van der Waals surface area (Å²) in [5.74, 6) is -3.37. The third kappa shape index (κ3) is 3.82. The van der Waals surface area contributed by atoms with E-state index in [0.717, 1.165) is 22.5 Å². The molecule has 1 saturated carbocycles. The predicted octanol–water partition coefficient (Wildman–Crippen LogP) is 4.02. The van der Waals surface area contributed by atoms with Crippen molar-refractivity contribution in [2.24, 2.45) is 10.9 Å². The second-order valence-electron chi connectivity index (χ2n) is 8.33. The van der Waals surface area contributed by atoms with E-state index in [4.69, 9.17) is 0 Å². The molecule has 1 fully saturated rings. The number of benzene rings is 2. The summed E-state index contributed by atoms with van der Waals surface area (Å²) in [6, 6.07) is 6.33. The molecule has 0 bridgehead atoms. The maximum atomic E-state index is 15.0. The quantitative estimate of drug-likeness (QED) is 0.660. The van der Waals surface area contributed by atoms with Crippen LogP contribution in [-0.4, -0.2) is 31.5 Å². The Bertz CT molecular complexity index is 1290. The number of sulfonamides is 1. The van der Waals surface area contributed by atoms with Crippen LogP contribution in [0.3, 0.4) is 0 Å². The first-order chi connectivity index (χ1) is 15.5. The number of carbonyl (C=O) groups excluding carboxylic acids is 1. The molecule has 1 N–H and O–H groups in total. The van der Waals surface area contributed by atoms with Gasteiger partial charge in [-0.05, 0) is 49.7 Å². The molecule has 1 aliphatic heterocycles. The van der Waals surface area contributed by atoms with Crippen molar-refractivity contribution in [3.05, 3.63) is 83.3 Å². The van der Waals surface area contributed by atoms with Crippen molar-refractivity contribution < 1.29 is 26.4 Å². The third-order valence-electron chi connectivity index (χ3n) is 6.04. The summed E-state index contributed by atoms with van der Waals surface area (Å²) in [5, 5.41) is 1.05. The SMILES string of the molecule is C=CNC1=N[C@](C)(c2ccc(F)cc2F)[C@@H](c2ccc(C(=O)C3CC3)c(F)c2)S(=O)(=O)N1C. The molecule has 0 unspecified atom stereocenters. The Balaban J connectivity index is 1.94. The van der Waals surface area contributed by atoms with E-state index < -0.39 is 38.3 Å². The van der Waals surface area contributed by atoms with Crippen LogP contribution in [0.2, 0.25) is 0 Å². The van der Waals surface area contributed by atoms with Crippen LogP contribution in [0.25, 0.3) is 0 Å². The van der Waals surface area contributed by atoms with E-state index in [1.165, 1.54) is 32.3 Å². The van der Waals surface area contributed by atoms with Crippen LogP contribution in [-0.2, 0) is 15.6 Å². The average molecular weight is 478 g/mol. The molecule has 10 heteroatoms. The number of rotatable bonds is 5. The van der Waals surface area contributed by atoms with Crippen LogP contribution in [0.1, 0.15) is 46.5 Å². The van der Waals surface area contributed by atoms with Crippen LogP contribution < -0.4 is 5.32 Å². The summed E-state index contributed by atoms with van der Waals surface area (Å²) in [7, 11) is -3.03. The number of hydrogen-bond donors (Lipinski definition) is 1.